The van der Waals surface area contributed by atoms with Crippen LogP contribution in [0.2, 0.25) is 0 Å². The van der Waals surface area contributed by atoms with Gasteiger partial charge in [0.15, 0.2) is 0 Å². The molecule has 0 aromatic heterocycles. The summed E-state index contributed by atoms with van der Waals surface area (Å²) in [5.41, 5.74) is 3.83. The molecule has 0 aliphatic carbocycles. The fourth-order valence-corrected chi connectivity index (χ4v) is 2.86. The van der Waals surface area contributed by atoms with Crippen molar-refractivity contribution in [2.45, 2.75) is 26.3 Å². The molecule has 3 nitrogen and oxygen atoms in total. The van der Waals surface area contributed by atoms with Gasteiger partial charge in [0.25, 0.3) is 0 Å². The first-order chi connectivity index (χ1) is 8.60. The summed E-state index contributed by atoms with van der Waals surface area (Å²) in [6, 6.07) is 6.85. The van der Waals surface area contributed by atoms with E-state index in [0.717, 1.165) is 26.1 Å². The lowest BCUT2D eigenvalue weighted by Gasteiger charge is -2.32. The zero-order valence-corrected chi connectivity index (χ0v) is 11.7. The molecule has 100 valence electrons. The van der Waals surface area contributed by atoms with Crippen LogP contribution in [0.1, 0.15) is 17.5 Å². The molecule has 0 saturated carbocycles. The Balaban J connectivity index is 2.28. The highest BCUT2D eigenvalue weighted by atomic mass is 16.3. The SMILES string of the molecule is Cc1cc(C)cc(N2CCCN(C)CC2CO)c1. The average molecular weight is 248 g/mol. The molecule has 1 saturated heterocycles. The summed E-state index contributed by atoms with van der Waals surface area (Å²) in [7, 11) is 2.13. The van der Waals surface area contributed by atoms with Crippen LogP contribution in [-0.4, -0.2) is 49.3 Å². The van der Waals surface area contributed by atoms with Gasteiger partial charge < -0.3 is 14.9 Å². The molecular weight excluding hydrogens is 224 g/mol. The van der Waals surface area contributed by atoms with Gasteiger partial charge in [-0.25, -0.2) is 0 Å². The van der Waals surface area contributed by atoms with E-state index >= 15 is 0 Å². The molecule has 1 heterocycles. The highest BCUT2D eigenvalue weighted by Gasteiger charge is 2.23. The Morgan fingerprint density at radius 3 is 2.44 bits per heavy atom. The number of benzene rings is 1. The van der Waals surface area contributed by atoms with Crippen molar-refractivity contribution >= 4 is 5.69 Å². The fraction of sp³-hybridized carbons (Fsp3) is 0.600. The summed E-state index contributed by atoms with van der Waals surface area (Å²) < 4.78 is 0. The first-order valence-corrected chi connectivity index (χ1v) is 6.74. The highest BCUT2D eigenvalue weighted by Crippen LogP contribution is 2.23. The largest absolute Gasteiger partial charge is 0.394 e. The lowest BCUT2D eigenvalue weighted by atomic mass is 10.1. The second-order valence-electron chi connectivity index (χ2n) is 5.49. The fourth-order valence-electron chi connectivity index (χ4n) is 2.86. The highest BCUT2D eigenvalue weighted by molar-refractivity contribution is 5.52. The van der Waals surface area contributed by atoms with Crippen LogP contribution in [0.4, 0.5) is 5.69 Å². The second-order valence-corrected chi connectivity index (χ2v) is 5.49. The van der Waals surface area contributed by atoms with E-state index in [-0.39, 0.29) is 12.6 Å². The van der Waals surface area contributed by atoms with Gasteiger partial charge in [-0.3, -0.25) is 0 Å². The van der Waals surface area contributed by atoms with Crippen LogP contribution >= 0.6 is 0 Å². The van der Waals surface area contributed by atoms with Crippen LogP contribution in [0.5, 0.6) is 0 Å². The molecule has 18 heavy (non-hydrogen) atoms. The van der Waals surface area contributed by atoms with E-state index in [1.54, 1.807) is 0 Å². The van der Waals surface area contributed by atoms with Gasteiger partial charge in [0.2, 0.25) is 0 Å². The lowest BCUT2D eigenvalue weighted by Crippen LogP contribution is -2.42. The monoisotopic (exact) mass is 248 g/mol. The van der Waals surface area contributed by atoms with Crippen molar-refractivity contribution in [1.29, 1.82) is 0 Å². The van der Waals surface area contributed by atoms with E-state index < -0.39 is 0 Å². The van der Waals surface area contributed by atoms with Crippen LogP contribution in [0.15, 0.2) is 18.2 Å². The number of hydrogen-bond acceptors (Lipinski definition) is 3. The van der Waals surface area contributed by atoms with Gasteiger partial charge in [-0.2, -0.15) is 0 Å². The summed E-state index contributed by atoms with van der Waals surface area (Å²) in [5, 5.41) is 9.64. The minimum atomic E-state index is 0.207. The Morgan fingerprint density at radius 1 is 1.17 bits per heavy atom. The predicted molar refractivity (Wildman–Crippen MR) is 76.2 cm³/mol. The van der Waals surface area contributed by atoms with Crippen LogP contribution in [0.25, 0.3) is 0 Å². The molecule has 0 spiro atoms. The standard InChI is InChI=1S/C15H24N2O/c1-12-7-13(2)9-14(8-12)17-6-4-5-16(3)10-15(17)11-18/h7-9,15,18H,4-6,10-11H2,1-3H3. The zero-order valence-electron chi connectivity index (χ0n) is 11.7. The molecule has 1 fully saturated rings. The Kier molecular flexibility index (Phi) is 4.25. The molecule has 1 atom stereocenters. The summed E-state index contributed by atoms with van der Waals surface area (Å²) in [4.78, 5) is 4.67. The van der Waals surface area contributed by atoms with Gasteiger partial charge >= 0.3 is 0 Å². The summed E-state index contributed by atoms with van der Waals surface area (Å²) in [6.45, 7) is 7.56. The number of likely N-dealkylation sites (N-methyl/N-ethyl adjacent to an activating group) is 1. The van der Waals surface area contributed by atoms with E-state index in [1.807, 2.05) is 0 Å². The molecule has 0 amide bonds. The van der Waals surface area contributed by atoms with E-state index in [1.165, 1.54) is 16.8 Å². The van der Waals surface area contributed by atoms with Gasteiger partial charge in [-0.05, 0) is 57.1 Å². The van der Waals surface area contributed by atoms with Crippen LogP contribution in [0, 0.1) is 13.8 Å². The first-order valence-electron chi connectivity index (χ1n) is 6.74. The predicted octanol–water partition coefficient (Wildman–Crippen LogP) is 1.81. The number of anilines is 1. The number of aliphatic hydroxyl groups is 1. The Morgan fingerprint density at radius 2 is 1.83 bits per heavy atom. The topological polar surface area (TPSA) is 26.7 Å². The van der Waals surface area contributed by atoms with Gasteiger partial charge in [0, 0.05) is 18.8 Å². The maximum Gasteiger partial charge on any atom is 0.0647 e. The van der Waals surface area contributed by atoms with Gasteiger partial charge in [0.1, 0.15) is 0 Å². The molecule has 1 unspecified atom stereocenters. The molecule has 1 aromatic rings. The van der Waals surface area contributed by atoms with Crippen LogP contribution < -0.4 is 4.90 Å². The van der Waals surface area contributed by atoms with E-state index in [0.29, 0.717) is 0 Å². The number of hydrogen-bond donors (Lipinski definition) is 1. The van der Waals surface area contributed by atoms with E-state index in [4.69, 9.17) is 0 Å². The van der Waals surface area contributed by atoms with Crippen LogP contribution in [0.3, 0.4) is 0 Å². The molecule has 1 aliphatic rings. The second kappa shape index (κ2) is 5.72. The third kappa shape index (κ3) is 3.03. The molecule has 0 bridgehead atoms. The lowest BCUT2D eigenvalue weighted by molar-refractivity contribution is 0.229. The molecule has 3 heteroatoms. The minimum absolute atomic E-state index is 0.207. The Labute approximate surface area is 110 Å². The van der Waals surface area contributed by atoms with E-state index in [2.05, 4.69) is 48.9 Å². The normalized spacial score (nSPS) is 22.0. The van der Waals surface area contributed by atoms with Crippen LogP contribution in [-0.2, 0) is 0 Å². The van der Waals surface area contributed by atoms with Gasteiger partial charge in [0.05, 0.1) is 12.6 Å². The third-order valence-electron chi connectivity index (χ3n) is 3.65. The smallest absolute Gasteiger partial charge is 0.0647 e. The molecular formula is C15H24N2O. The van der Waals surface area contributed by atoms with Crippen molar-refractivity contribution in [1.82, 2.24) is 4.90 Å². The zero-order chi connectivity index (χ0) is 13.1. The van der Waals surface area contributed by atoms with Crippen molar-refractivity contribution in [3.63, 3.8) is 0 Å². The third-order valence-corrected chi connectivity index (χ3v) is 3.65. The first kappa shape index (κ1) is 13.4. The number of aryl methyl sites for hydroxylation is 2. The summed E-state index contributed by atoms with van der Waals surface area (Å²) in [6.07, 6.45) is 1.15. The van der Waals surface area contributed by atoms with Gasteiger partial charge in [-0.1, -0.05) is 6.07 Å². The average Bonchev–Trinajstić information content (AvgIpc) is 2.49. The number of rotatable bonds is 2. The Hall–Kier alpha value is -1.06. The van der Waals surface area contributed by atoms with Gasteiger partial charge in [-0.15, -0.1) is 0 Å². The minimum Gasteiger partial charge on any atom is -0.394 e. The summed E-state index contributed by atoms with van der Waals surface area (Å²) in [5.74, 6) is 0. The Bertz CT molecular complexity index is 385. The maximum absolute atomic E-state index is 9.64. The maximum atomic E-state index is 9.64. The number of aliphatic hydroxyl groups excluding tert-OH is 1. The van der Waals surface area contributed by atoms with Crippen molar-refractivity contribution in [2.75, 3.05) is 38.2 Å². The molecule has 2 rings (SSSR count). The van der Waals surface area contributed by atoms with Crippen molar-refractivity contribution in [3.8, 4) is 0 Å². The number of nitrogens with zero attached hydrogens (tertiary/aromatic N) is 2. The molecule has 1 N–H and O–H groups in total. The van der Waals surface area contributed by atoms with E-state index in [9.17, 15) is 5.11 Å². The molecule has 0 radical (unpaired) electrons. The van der Waals surface area contributed by atoms with Crippen molar-refractivity contribution in [2.24, 2.45) is 0 Å². The summed E-state index contributed by atoms with van der Waals surface area (Å²) >= 11 is 0. The van der Waals surface area contributed by atoms with Crippen molar-refractivity contribution < 1.29 is 5.11 Å². The van der Waals surface area contributed by atoms with Crippen molar-refractivity contribution in [3.05, 3.63) is 29.3 Å². The molecule has 1 aliphatic heterocycles. The quantitative estimate of drug-likeness (QED) is 0.864. The molecule has 1 aromatic carbocycles.